The number of aromatic amines is 1. The minimum absolute atomic E-state index is 0.0858. The number of imidazole rings is 1. The van der Waals surface area contributed by atoms with E-state index in [2.05, 4.69) is 9.97 Å². The van der Waals surface area contributed by atoms with Crippen LogP contribution in [0.4, 0.5) is 13.2 Å². The largest absolute Gasteiger partial charge is 0.434 e. The number of aliphatic hydroxyl groups excluding tert-OH is 1. The van der Waals surface area contributed by atoms with Crippen LogP contribution in [0.1, 0.15) is 11.5 Å². The van der Waals surface area contributed by atoms with Crippen molar-refractivity contribution in [1.29, 1.82) is 0 Å². The summed E-state index contributed by atoms with van der Waals surface area (Å²) in [7, 11) is 0. The molecule has 0 radical (unpaired) electrons. The molecule has 62 valence electrons. The second kappa shape index (κ2) is 2.54. The molecular weight excluding hydrogens is 161 g/mol. The maximum atomic E-state index is 11.8. The van der Waals surface area contributed by atoms with Crippen LogP contribution < -0.4 is 0 Å². The topological polar surface area (TPSA) is 48.9 Å². The Bertz CT molecular complexity index is 242. The molecule has 0 aliphatic heterocycles. The van der Waals surface area contributed by atoms with E-state index in [0.29, 0.717) is 6.20 Å². The third-order valence-corrected chi connectivity index (χ3v) is 1.07. The number of nitrogens with zero attached hydrogens (tertiary/aromatic N) is 1. The second-order valence-electron chi connectivity index (χ2n) is 1.89. The first-order valence-electron chi connectivity index (χ1n) is 2.76. The van der Waals surface area contributed by atoms with E-state index < -0.39 is 18.5 Å². The number of hydrogen-bond acceptors (Lipinski definition) is 2. The molecule has 2 N–H and O–H groups in total. The van der Waals surface area contributed by atoms with E-state index in [1.165, 1.54) is 0 Å². The summed E-state index contributed by atoms with van der Waals surface area (Å²) in [5, 5.41) is 8.36. The van der Waals surface area contributed by atoms with Gasteiger partial charge in [0.25, 0.3) is 0 Å². The standard InChI is InChI=1S/C5H5F3N2O/c6-5(7,8)3-1-9-4(2-11)10-3/h1,11H,2H2,(H,9,10). The fourth-order valence-corrected chi connectivity index (χ4v) is 0.588. The Morgan fingerprint density at radius 1 is 1.55 bits per heavy atom. The maximum Gasteiger partial charge on any atom is 0.434 e. The van der Waals surface area contributed by atoms with Gasteiger partial charge in [-0.05, 0) is 0 Å². The third-order valence-electron chi connectivity index (χ3n) is 1.07. The van der Waals surface area contributed by atoms with Gasteiger partial charge in [-0.15, -0.1) is 0 Å². The minimum Gasteiger partial charge on any atom is -0.388 e. The van der Waals surface area contributed by atoms with Crippen LogP contribution in [0.3, 0.4) is 0 Å². The van der Waals surface area contributed by atoms with Crippen LogP contribution >= 0.6 is 0 Å². The highest BCUT2D eigenvalue weighted by molar-refractivity contribution is 5.04. The minimum atomic E-state index is -4.44. The highest BCUT2D eigenvalue weighted by Gasteiger charge is 2.33. The Labute approximate surface area is 59.9 Å². The molecule has 0 saturated carbocycles. The fraction of sp³-hybridized carbons (Fsp3) is 0.400. The molecule has 0 spiro atoms. The summed E-state index contributed by atoms with van der Waals surface area (Å²) < 4.78 is 35.3. The monoisotopic (exact) mass is 166 g/mol. The van der Waals surface area contributed by atoms with Crippen LogP contribution in [0, 0.1) is 0 Å². The average Bonchev–Trinajstić information content (AvgIpc) is 2.32. The van der Waals surface area contributed by atoms with Crippen LogP contribution in [0.2, 0.25) is 0 Å². The van der Waals surface area contributed by atoms with Gasteiger partial charge in [-0.1, -0.05) is 0 Å². The zero-order valence-electron chi connectivity index (χ0n) is 5.31. The van der Waals surface area contributed by atoms with E-state index in [9.17, 15) is 13.2 Å². The molecule has 0 bridgehead atoms. The van der Waals surface area contributed by atoms with Crippen LogP contribution in [0.15, 0.2) is 6.20 Å². The Morgan fingerprint density at radius 2 is 2.18 bits per heavy atom. The summed E-state index contributed by atoms with van der Waals surface area (Å²) in [4.78, 5) is 5.25. The molecule has 1 heterocycles. The molecular formula is C5H5F3N2O. The third kappa shape index (κ3) is 1.70. The van der Waals surface area contributed by atoms with Gasteiger partial charge in [0.15, 0.2) is 5.69 Å². The zero-order chi connectivity index (χ0) is 8.48. The molecule has 0 unspecified atom stereocenters. The van der Waals surface area contributed by atoms with Crippen LogP contribution in [0.25, 0.3) is 0 Å². The summed E-state index contributed by atoms with van der Waals surface area (Å²) in [5.74, 6) is -0.0858. The Morgan fingerprint density at radius 3 is 2.45 bits per heavy atom. The van der Waals surface area contributed by atoms with Gasteiger partial charge in [0.2, 0.25) is 0 Å². The van der Waals surface area contributed by atoms with Crippen molar-refractivity contribution in [2.45, 2.75) is 12.8 Å². The first-order valence-corrected chi connectivity index (χ1v) is 2.76. The number of rotatable bonds is 1. The summed E-state index contributed by atoms with van der Waals surface area (Å²) in [5.41, 5.74) is -1.01. The number of aliphatic hydroxyl groups is 1. The van der Waals surface area contributed by atoms with Crippen molar-refractivity contribution in [1.82, 2.24) is 9.97 Å². The maximum absolute atomic E-state index is 11.8. The summed E-state index contributed by atoms with van der Waals surface area (Å²) in [6.07, 6.45) is -3.73. The summed E-state index contributed by atoms with van der Waals surface area (Å²) in [6.45, 7) is -0.518. The van der Waals surface area contributed by atoms with Crippen molar-refractivity contribution < 1.29 is 18.3 Å². The predicted octanol–water partition coefficient (Wildman–Crippen LogP) is 0.921. The number of hydrogen-bond donors (Lipinski definition) is 2. The smallest absolute Gasteiger partial charge is 0.388 e. The normalized spacial score (nSPS) is 12.0. The van der Waals surface area contributed by atoms with Crippen molar-refractivity contribution in [3.63, 3.8) is 0 Å². The van der Waals surface area contributed by atoms with Gasteiger partial charge in [-0.3, -0.25) is 0 Å². The van der Waals surface area contributed by atoms with E-state index in [1.54, 1.807) is 0 Å². The highest BCUT2D eigenvalue weighted by atomic mass is 19.4. The Hall–Kier alpha value is -1.04. The number of halogens is 3. The number of aromatic nitrogens is 2. The molecule has 0 atom stereocenters. The molecule has 3 nitrogen and oxygen atoms in total. The summed E-state index contributed by atoms with van der Waals surface area (Å²) >= 11 is 0. The molecule has 0 aliphatic rings. The van der Waals surface area contributed by atoms with Gasteiger partial charge in [0.05, 0.1) is 0 Å². The van der Waals surface area contributed by atoms with Gasteiger partial charge in [0.1, 0.15) is 12.4 Å². The molecule has 1 aromatic heterocycles. The lowest BCUT2D eigenvalue weighted by molar-refractivity contribution is -0.141. The molecule has 11 heavy (non-hydrogen) atoms. The van der Waals surface area contributed by atoms with Crippen molar-refractivity contribution in [2.24, 2.45) is 0 Å². The summed E-state index contributed by atoms with van der Waals surface area (Å²) in [6, 6.07) is 0. The number of alkyl halides is 3. The lowest BCUT2D eigenvalue weighted by atomic mass is 10.5. The van der Waals surface area contributed by atoms with E-state index >= 15 is 0 Å². The predicted molar refractivity (Wildman–Crippen MR) is 29.5 cm³/mol. The van der Waals surface area contributed by atoms with E-state index in [0.717, 1.165) is 0 Å². The molecule has 0 aliphatic carbocycles. The van der Waals surface area contributed by atoms with Gasteiger partial charge < -0.3 is 10.1 Å². The average molecular weight is 166 g/mol. The van der Waals surface area contributed by atoms with Crippen LogP contribution in [-0.4, -0.2) is 15.1 Å². The van der Waals surface area contributed by atoms with Crippen LogP contribution in [0.5, 0.6) is 0 Å². The Balaban J connectivity index is 2.89. The zero-order valence-corrected chi connectivity index (χ0v) is 5.31. The first-order chi connectivity index (χ1) is 5.04. The molecule has 0 saturated heterocycles. The number of H-pyrrole nitrogens is 1. The number of nitrogens with one attached hydrogen (secondary N) is 1. The van der Waals surface area contributed by atoms with Crippen molar-refractivity contribution >= 4 is 0 Å². The van der Waals surface area contributed by atoms with Gasteiger partial charge in [0, 0.05) is 6.20 Å². The molecule has 6 heteroatoms. The lowest BCUT2D eigenvalue weighted by Gasteiger charge is -1.98. The first kappa shape index (κ1) is 8.06. The van der Waals surface area contributed by atoms with Crippen molar-refractivity contribution in [3.05, 3.63) is 17.7 Å². The molecule has 0 aromatic carbocycles. The fourth-order valence-electron chi connectivity index (χ4n) is 0.588. The van der Waals surface area contributed by atoms with Crippen molar-refractivity contribution in [2.75, 3.05) is 0 Å². The van der Waals surface area contributed by atoms with E-state index in [4.69, 9.17) is 5.11 Å². The molecule has 1 aromatic rings. The SMILES string of the molecule is OCc1nc(C(F)(F)F)c[nH]1. The van der Waals surface area contributed by atoms with Gasteiger partial charge in [-0.2, -0.15) is 13.2 Å². The molecule has 1 rings (SSSR count). The van der Waals surface area contributed by atoms with Gasteiger partial charge >= 0.3 is 6.18 Å². The van der Waals surface area contributed by atoms with Crippen LogP contribution in [-0.2, 0) is 12.8 Å². The van der Waals surface area contributed by atoms with Crippen molar-refractivity contribution in [3.8, 4) is 0 Å². The Kier molecular flexibility index (Phi) is 1.86. The molecule has 0 fully saturated rings. The lowest BCUT2D eigenvalue weighted by Crippen LogP contribution is -2.05. The molecule has 0 amide bonds. The highest BCUT2D eigenvalue weighted by Crippen LogP contribution is 2.27. The quantitative estimate of drug-likeness (QED) is 0.651. The van der Waals surface area contributed by atoms with Gasteiger partial charge in [-0.25, -0.2) is 4.98 Å². The second-order valence-corrected chi connectivity index (χ2v) is 1.89. The van der Waals surface area contributed by atoms with E-state index in [1.807, 2.05) is 0 Å². The van der Waals surface area contributed by atoms with E-state index in [-0.39, 0.29) is 5.82 Å².